The summed E-state index contributed by atoms with van der Waals surface area (Å²) in [6.07, 6.45) is 8.67. The molecule has 0 amide bonds. The molecule has 0 spiro atoms. The maximum atomic E-state index is 6.25. The first kappa shape index (κ1) is 10.6. The second-order valence-electron chi connectivity index (χ2n) is 4.90. The van der Waals surface area contributed by atoms with Gasteiger partial charge in [-0.25, -0.2) is 0 Å². The van der Waals surface area contributed by atoms with Crippen molar-refractivity contribution in [3.63, 3.8) is 0 Å². The van der Waals surface area contributed by atoms with Gasteiger partial charge in [0.05, 0.1) is 0 Å². The summed E-state index contributed by atoms with van der Waals surface area (Å²) in [7, 11) is 0. The Bertz CT molecular complexity index is 297. The maximum absolute atomic E-state index is 6.25. The van der Waals surface area contributed by atoms with Gasteiger partial charge in [-0.15, -0.1) is 0 Å². The van der Waals surface area contributed by atoms with Gasteiger partial charge in [-0.05, 0) is 48.8 Å². The molecule has 2 rings (SSSR count). The molecule has 15 heavy (non-hydrogen) atoms. The van der Waals surface area contributed by atoms with E-state index in [1.807, 2.05) is 12.4 Å². The second-order valence-corrected chi connectivity index (χ2v) is 4.90. The first-order valence-corrected chi connectivity index (χ1v) is 5.90. The topological polar surface area (TPSA) is 38.9 Å². The predicted octanol–water partition coefficient (Wildman–Crippen LogP) is 2.39. The molecule has 0 bridgehead atoms. The zero-order valence-corrected chi connectivity index (χ0v) is 9.39. The summed E-state index contributed by atoms with van der Waals surface area (Å²) < 4.78 is 0. The Morgan fingerprint density at radius 1 is 1.40 bits per heavy atom. The standard InChI is InChI=1S/C13H20N2/c1-10-2-3-12(8-10)13(14)9-11-4-6-15-7-5-11/h4-7,10,12-13H,2-3,8-9,14H2,1H3. The SMILES string of the molecule is CC1CCC(C(N)Cc2ccncc2)C1. The molecule has 3 atom stereocenters. The van der Waals surface area contributed by atoms with Crippen LogP contribution in [0.5, 0.6) is 0 Å². The predicted molar refractivity (Wildman–Crippen MR) is 62.4 cm³/mol. The third kappa shape index (κ3) is 2.78. The Kier molecular flexibility index (Phi) is 3.37. The Labute approximate surface area is 91.9 Å². The highest BCUT2D eigenvalue weighted by Crippen LogP contribution is 2.32. The van der Waals surface area contributed by atoms with Gasteiger partial charge in [0, 0.05) is 18.4 Å². The maximum Gasteiger partial charge on any atom is 0.0270 e. The van der Waals surface area contributed by atoms with Gasteiger partial charge in [0.25, 0.3) is 0 Å². The third-order valence-electron chi connectivity index (χ3n) is 3.56. The van der Waals surface area contributed by atoms with Crippen LogP contribution in [-0.2, 0) is 6.42 Å². The summed E-state index contributed by atoms with van der Waals surface area (Å²) in [5.74, 6) is 1.60. The van der Waals surface area contributed by atoms with Gasteiger partial charge in [0.1, 0.15) is 0 Å². The first-order chi connectivity index (χ1) is 7.25. The van der Waals surface area contributed by atoms with E-state index in [0.717, 1.165) is 18.3 Å². The highest BCUT2D eigenvalue weighted by Gasteiger charge is 2.26. The lowest BCUT2D eigenvalue weighted by molar-refractivity contribution is 0.415. The van der Waals surface area contributed by atoms with Crippen LogP contribution in [0.4, 0.5) is 0 Å². The van der Waals surface area contributed by atoms with Gasteiger partial charge < -0.3 is 5.73 Å². The van der Waals surface area contributed by atoms with E-state index in [9.17, 15) is 0 Å². The molecule has 0 aromatic carbocycles. The third-order valence-corrected chi connectivity index (χ3v) is 3.56. The van der Waals surface area contributed by atoms with Crippen molar-refractivity contribution in [2.75, 3.05) is 0 Å². The lowest BCUT2D eigenvalue weighted by atomic mass is 9.93. The van der Waals surface area contributed by atoms with E-state index in [2.05, 4.69) is 24.0 Å². The fourth-order valence-electron chi connectivity index (χ4n) is 2.60. The lowest BCUT2D eigenvalue weighted by Crippen LogP contribution is -2.30. The molecule has 1 aliphatic rings. The smallest absolute Gasteiger partial charge is 0.0270 e. The zero-order valence-electron chi connectivity index (χ0n) is 9.39. The second kappa shape index (κ2) is 4.75. The van der Waals surface area contributed by atoms with Crippen molar-refractivity contribution in [2.24, 2.45) is 17.6 Å². The molecular formula is C13H20N2. The van der Waals surface area contributed by atoms with Crippen LogP contribution in [0.3, 0.4) is 0 Å². The molecule has 1 aromatic heterocycles. The van der Waals surface area contributed by atoms with Crippen LogP contribution in [0.15, 0.2) is 24.5 Å². The number of hydrogen-bond donors (Lipinski definition) is 1. The van der Waals surface area contributed by atoms with E-state index in [1.165, 1.54) is 24.8 Å². The van der Waals surface area contributed by atoms with Crippen molar-refractivity contribution in [1.82, 2.24) is 4.98 Å². The van der Waals surface area contributed by atoms with Crippen molar-refractivity contribution in [3.8, 4) is 0 Å². The van der Waals surface area contributed by atoms with Crippen molar-refractivity contribution in [1.29, 1.82) is 0 Å². The van der Waals surface area contributed by atoms with Crippen LogP contribution in [0.1, 0.15) is 31.7 Å². The summed E-state index contributed by atoms with van der Waals surface area (Å²) in [6, 6.07) is 4.47. The quantitative estimate of drug-likeness (QED) is 0.821. The molecule has 0 aliphatic heterocycles. The Balaban J connectivity index is 1.90. The number of rotatable bonds is 3. The van der Waals surface area contributed by atoms with E-state index in [-0.39, 0.29) is 0 Å². The lowest BCUT2D eigenvalue weighted by Gasteiger charge is -2.19. The van der Waals surface area contributed by atoms with Gasteiger partial charge in [-0.3, -0.25) is 4.98 Å². The van der Waals surface area contributed by atoms with Gasteiger partial charge in [0.2, 0.25) is 0 Å². The summed E-state index contributed by atoms with van der Waals surface area (Å²) >= 11 is 0. The summed E-state index contributed by atoms with van der Waals surface area (Å²) in [6.45, 7) is 2.33. The Morgan fingerprint density at radius 3 is 2.73 bits per heavy atom. The largest absolute Gasteiger partial charge is 0.327 e. The van der Waals surface area contributed by atoms with E-state index < -0.39 is 0 Å². The number of aromatic nitrogens is 1. The molecule has 82 valence electrons. The monoisotopic (exact) mass is 204 g/mol. The van der Waals surface area contributed by atoms with Crippen LogP contribution in [0.2, 0.25) is 0 Å². The van der Waals surface area contributed by atoms with Crippen molar-refractivity contribution in [3.05, 3.63) is 30.1 Å². The highest BCUT2D eigenvalue weighted by molar-refractivity contribution is 5.11. The average molecular weight is 204 g/mol. The molecule has 2 nitrogen and oxygen atoms in total. The number of hydrogen-bond acceptors (Lipinski definition) is 2. The molecule has 2 N–H and O–H groups in total. The summed E-state index contributed by atoms with van der Waals surface area (Å²) in [4.78, 5) is 4.02. The van der Waals surface area contributed by atoms with E-state index in [0.29, 0.717) is 6.04 Å². The number of nitrogens with two attached hydrogens (primary N) is 1. The summed E-state index contributed by atoms with van der Waals surface area (Å²) in [5, 5.41) is 0. The Morgan fingerprint density at radius 2 is 2.13 bits per heavy atom. The minimum Gasteiger partial charge on any atom is -0.327 e. The fraction of sp³-hybridized carbons (Fsp3) is 0.615. The van der Waals surface area contributed by atoms with Crippen LogP contribution in [-0.4, -0.2) is 11.0 Å². The van der Waals surface area contributed by atoms with Crippen molar-refractivity contribution >= 4 is 0 Å². The van der Waals surface area contributed by atoms with Crippen LogP contribution >= 0.6 is 0 Å². The Hall–Kier alpha value is -0.890. The summed E-state index contributed by atoms with van der Waals surface area (Å²) in [5.41, 5.74) is 7.57. The van der Waals surface area contributed by atoms with Gasteiger partial charge in [-0.1, -0.05) is 13.3 Å². The first-order valence-electron chi connectivity index (χ1n) is 5.90. The molecule has 1 fully saturated rings. The fourth-order valence-corrected chi connectivity index (χ4v) is 2.60. The van der Waals surface area contributed by atoms with E-state index in [4.69, 9.17) is 5.73 Å². The van der Waals surface area contributed by atoms with E-state index >= 15 is 0 Å². The minimum atomic E-state index is 0.331. The normalized spacial score (nSPS) is 27.9. The highest BCUT2D eigenvalue weighted by atomic mass is 14.7. The number of nitrogens with zero attached hydrogens (tertiary/aromatic N) is 1. The average Bonchev–Trinajstić information content (AvgIpc) is 2.66. The van der Waals surface area contributed by atoms with Crippen LogP contribution in [0, 0.1) is 11.8 Å². The molecule has 1 aliphatic carbocycles. The van der Waals surface area contributed by atoms with Gasteiger partial charge >= 0.3 is 0 Å². The minimum absolute atomic E-state index is 0.331. The molecule has 2 heteroatoms. The van der Waals surface area contributed by atoms with E-state index in [1.54, 1.807) is 0 Å². The van der Waals surface area contributed by atoms with Crippen molar-refractivity contribution < 1.29 is 0 Å². The number of pyridine rings is 1. The molecule has 3 unspecified atom stereocenters. The molecule has 0 saturated heterocycles. The molecule has 0 radical (unpaired) electrons. The molecule has 1 saturated carbocycles. The molecule has 1 aromatic rings. The van der Waals surface area contributed by atoms with Gasteiger partial charge in [0.15, 0.2) is 0 Å². The van der Waals surface area contributed by atoms with Crippen molar-refractivity contribution in [2.45, 2.75) is 38.6 Å². The van der Waals surface area contributed by atoms with Crippen LogP contribution in [0.25, 0.3) is 0 Å². The zero-order chi connectivity index (χ0) is 10.7. The van der Waals surface area contributed by atoms with Crippen LogP contribution < -0.4 is 5.73 Å². The molecule has 1 heterocycles. The van der Waals surface area contributed by atoms with Gasteiger partial charge in [-0.2, -0.15) is 0 Å². The molecular weight excluding hydrogens is 184 g/mol.